The molecule has 0 fully saturated rings. The first-order valence-corrected chi connectivity index (χ1v) is 7.49. The van der Waals surface area contributed by atoms with Crippen LogP contribution >= 0.6 is 11.3 Å². The highest BCUT2D eigenvalue weighted by Crippen LogP contribution is 2.48. The summed E-state index contributed by atoms with van der Waals surface area (Å²) >= 11 is 1.57. The van der Waals surface area contributed by atoms with Crippen molar-refractivity contribution < 1.29 is 9.53 Å². The summed E-state index contributed by atoms with van der Waals surface area (Å²) in [5.41, 5.74) is 1.49. The lowest BCUT2D eigenvalue weighted by Gasteiger charge is -2.39. The molecule has 0 spiro atoms. The minimum Gasteiger partial charge on any atom is -0.450 e. The molecular weight excluding hydrogens is 260 g/mol. The molecule has 0 saturated carbocycles. The molecule has 0 saturated heterocycles. The van der Waals surface area contributed by atoms with Crippen LogP contribution < -0.4 is 5.32 Å². The minimum absolute atomic E-state index is 0.114. The van der Waals surface area contributed by atoms with Gasteiger partial charge in [-0.2, -0.15) is 0 Å². The summed E-state index contributed by atoms with van der Waals surface area (Å²) in [7, 11) is 0. The van der Waals surface area contributed by atoms with Crippen molar-refractivity contribution >= 4 is 22.6 Å². The molecule has 19 heavy (non-hydrogen) atoms. The maximum Gasteiger partial charge on any atom is 0.413 e. The predicted molar refractivity (Wildman–Crippen MR) is 77.9 cm³/mol. The van der Waals surface area contributed by atoms with Crippen molar-refractivity contribution in [2.75, 3.05) is 11.9 Å². The third-order valence-electron chi connectivity index (χ3n) is 3.36. The molecule has 1 aliphatic carbocycles. The van der Waals surface area contributed by atoms with Crippen LogP contribution in [0.2, 0.25) is 0 Å². The van der Waals surface area contributed by atoms with Gasteiger partial charge in [0, 0.05) is 10.3 Å². The Morgan fingerprint density at radius 2 is 2.11 bits per heavy atom. The van der Waals surface area contributed by atoms with Gasteiger partial charge in [0.25, 0.3) is 0 Å². The summed E-state index contributed by atoms with van der Waals surface area (Å²) in [5, 5.41) is 3.36. The molecular formula is C14H22N2O2S. The molecule has 4 nitrogen and oxygen atoms in total. The zero-order valence-electron chi connectivity index (χ0n) is 12.3. The van der Waals surface area contributed by atoms with Gasteiger partial charge in [0.15, 0.2) is 5.13 Å². The van der Waals surface area contributed by atoms with E-state index in [2.05, 4.69) is 38.0 Å². The second-order valence-corrected chi connectivity index (χ2v) is 7.54. The van der Waals surface area contributed by atoms with E-state index in [-0.39, 0.29) is 10.8 Å². The SMILES string of the molecule is CCOC(=O)Nc1nc2c(s1)C(C)(C)CC(C)(C)C2. The first kappa shape index (κ1) is 14.3. The van der Waals surface area contributed by atoms with E-state index in [0.717, 1.165) is 18.5 Å². The Bertz CT molecular complexity index is 492. The van der Waals surface area contributed by atoms with Gasteiger partial charge in [0.1, 0.15) is 0 Å². The number of hydrogen-bond acceptors (Lipinski definition) is 4. The van der Waals surface area contributed by atoms with E-state index in [0.29, 0.717) is 11.7 Å². The molecule has 2 rings (SSSR count). The number of nitrogens with one attached hydrogen (secondary N) is 1. The van der Waals surface area contributed by atoms with Crippen molar-refractivity contribution in [1.29, 1.82) is 0 Å². The summed E-state index contributed by atoms with van der Waals surface area (Å²) in [4.78, 5) is 17.3. The van der Waals surface area contributed by atoms with Crippen molar-refractivity contribution in [3.8, 4) is 0 Å². The van der Waals surface area contributed by atoms with Gasteiger partial charge in [-0.15, -0.1) is 11.3 Å². The predicted octanol–water partition coefficient (Wildman–Crippen LogP) is 3.96. The Morgan fingerprint density at radius 1 is 1.42 bits per heavy atom. The Morgan fingerprint density at radius 3 is 2.74 bits per heavy atom. The molecule has 0 atom stereocenters. The van der Waals surface area contributed by atoms with Crippen molar-refractivity contribution in [2.45, 2.75) is 52.9 Å². The van der Waals surface area contributed by atoms with Crippen LogP contribution in [0.5, 0.6) is 0 Å². The molecule has 1 N–H and O–H groups in total. The average Bonchev–Trinajstić information content (AvgIpc) is 2.58. The van der Waals surface area contributed by atoms with Crippen LogP contribution in [0.15, 0.2) is 0 Å². The number of rotatable bonds is 2. The summed E-state index contributed by atoms with van der Waals surface area (Å²) in [6, 6.07) is 0. The van der Waals surface area contributed by atoms with Gasteiger partial charge in [0.2, 0.25) is 0 Å². The number of fused-ring (bicyclic) bond motifs is 1. The molecule has 106 valence electrons. The largest absolute Gasteiger partial charge is 0.450 e. The highest BCUT2D eigenvalue weighted by atomic mass is 32.1. The Balaban J connectivity index is 2.25. The lowest BCUT2D eigenvalue weighted by Crippen LogP contribution is -2.33. The smallest absolute Gasteiger partial charge is 0.413 e. The number of hydrogen-bond donors (Lipinski definition) is 1. The molecule has 0 bridgehead atoms. The van der Waals surface area contributed by atoms with Crippen molar-refractivity contribution in [1.82, 2.24) is 4.98 Å². The zero-order chi connectivity index (χ0) is 14.3. The zero-order valence-corrected chi connectivity index (χ0v) is 13.1. The number of nitrogens with zero attached hydrogens (tertiary/aromatic N) is 1. The highest BCUT2D eigenvalue weighted by molar-refractivity contribution is 7.16. The van der Waals surface area contributed by atoms with E-state index >= 15 is 0 Å². The van der Waals surface area contributed by atoms with E-state index < -0.39 is 6.09 Å². The Hall–Kier alpha value is -1.10. The molecule has 1 aromatic rings. The van der Waals surface area contributed by atoms with Crippen molar-refractivity contribution in [3.63, 3.8) is 0 Å². The lowest BCUT2D eigenvalue weighted by atomic mass is 9.67. The van der Waals surface area contributed by atoms with Crippen LogP contribution in [0.4, 0.5) is 9.93 Å². The molecule has 5 heteroatoms. The van der Waals surface area contributed by atoms with Crippen LogP contribution in [-0.2, 0) is 16.6 Å². The van der Waals surface area contributed by atoms with E-state index in [9.17, 15) is 4.79 Å². The molecule has 0 radical (unpaired) electrons. The Kier molecular flexibility index (Phi) is 3.60. The number of ether oxygens (including phenoxy) is 1. The van der Waals surface area contributed by atoms with Gasteiger partial charge < -0.3 is 4.74 Å². The molecule has 1 heterocycles. The number of aromatic nitrogens is 1. The summed E-state index contributed by atoms with van der Waals surface area (Å²) in [6.45, 7) is 11.2. The van der Waals surface area contributed by atoms with E-state index in [1.54, 1.807) is 18.3 Å². The fourth-order valence-electron chi connectivity index (χ4n) is 3.10. The topological polar surface area (TPSA) is 51.2 Å². The number of carbonyl (C=O) groups excluding carboxylic acids is 1. The number of anilines is 1. The average molecular weight is 282 g/mol. The fourth-order valence-corrected chi connectivity index (χ4v) is 4.17. The van der Waals surface area contributed by atoms with Crippen LogP contribution in [0.1, 0.15) is 51.6 Å². The number of thiazole rings is 1. The number of carbonyl (C=O) groups is 1. The molecule has 0 aliphatic heterocycles. The summed E-state index contributed by atoms with van der Waals surface area (Å²) in [6.07, 6.45) is 1.67. The van der Waals surface area contributed by atoms with Crippen LogP contribution in [0.3, 0.4) is 0 Å². The van der Waals surface area contributed by atoms with E-state index in [1.165, 1.54) is 4.88 Å². The van der Waals surface area contributed by atoms with Gasteiger partial charge in [-0.3, -0.25) is 5.32 Å². The van der Waals surface area contributed by atoms with Gasteiger partial charge in [0.05, 0.1) is 12.3 Å². The fraction of sp³-hybridized carbons (Fsp3) is 0.714. The summed E-state index contributed by atoms with van der Waals surface area (Å²) in [5.74, 6) is 0. The third-order valence-corrected chi connectivity index (χ3v) is 4.74. The monoisotopic (exact) mass is 282 g/mol. The van der Waals surface area contributed by atoms with Gasteiger partial charge in [-0.25, -0.2) is 9.78 Å². The second-order valence-electron chi connectivity index (χ2n) is 6.54. The van der Waals surface area contributed by atoms with Gasteiger partial charge in [-0.1, -0.05) is 27.7 Å². The minimum atomic E-state index is -0.425. The first-order chi connectivity index (χ1) is 8.73. The van der Waals surface area contributed by atoms with Crippen LogP contribution in [0.25, 0.3) is 0 Å². The maximum absolute atomic E-state index is 11.4. The molecule has 0 aromatic carbocycles. The normalized spacial score (nSPS) is 19.6. The number of amides is 1. The standard InChI is InChI=1S/C14H22N2O2S/c1-6-18-12(17)16-11-15-9-7-13(2,3)8-14(4,5)10(9)19-11/h6-8H2,1-5H3,(H,15,16,17). The summed E-state index contributed by atoms with van der Waals surface area (Å²) < 4.78 is 4.89. The second kappa shape index (κ2) is 4.78. The molecule has 1 aliphatic rings. The van der Waals surface area contributed by atoms with Crippen molar-refractivity contribution in [3.05, 3.63) is 10.6 Å². The maximum atomic E-state index is 11.4. The van der Waals surface area contributed by atoms with E-state index in [1.807, 2.05) is 0 Å². The molecule has 0 unspecified atom stereocenters. The highest BCUT2D eigenvalue weighted by Gasteiger charge is 2.40. The third kappa shape index (κ3) is 3.08. The van der Waals surface area contributed by atoms with Gasteiger partial charge >= 0.3 is 6.09 Å². The van der Waals surface area contributed by atoms with Gasteiger partial charge in [-0.05, 0) is 25.2 Å². The Labute approximate surface area is 118 Å². The van der Waals surface area contributed by atoms with Crippen LogP contribution in [-0.4, -0.2) is 17.7 Å². The van der Waals surface area contributed by atoms with Crippen molar-refractivity contribution in [2.24, 2.45) is 5.41 Å². The van der Waals surface area contributed by atoms with E-state index in [4.69, 9.17) is 4.74 Å². The lowest BCUT2D eigenvalue weighted by molar-refractivity contribution is 0.168. The van der Waals surface area contributed by atoms with Crippen LogP contribution in [0, 0.1) is 5.41 Å². The molecule has 1 aromatic heterocycles. The quantitative estimate of drug-likeness (QED) is 0.893. The molecule has 1 amide bonds. The first-order valence-electron chi connectivity index (χ1n) is 6.67.